The first-order valence-corrected chi connectivity index (χ1v) is 4.02. The SMILES string of the molecule is NC(N)CC(N)c1ccccc1. The Morgan fingerprint density at radius 2 is 1.58 bits per heavy atom. The van der Waals surface area contributed by atoms with E-state index in [1.54, 1.807) is 0 Å². The minimum atomic E-state index is -0.333. The van der Waals surface area contributed by atoms with E-state index < -0.39 is 0 Å². The molecular weight excluding hydrogens is 150 g/mol. The van der Waals surface area contributed by atoms with E-state index in [4.69, 9.17) is 17.2 Å². The van der Waals surface area contributed by atoms with Gasteiger partial charge >= 0.3 is 0 Å². The minimum absolute atomic E-state index is 0.0498. The molecule has 1 rings (SSSR count). The maximum atomic E-state index is 5.84. The van der Waals surface area contributed by atoms with Crippen LogP contribution in [0.1, 0.15) is 18.0 Å². The molecular formula is C9H15N3. The Morgan fingerprint density at radius 3 is 2.08 bits per heavy atom. The average Bonchev–Trinajstić information content (AvgIpc) is 2.05. The number of benzene rings is 1. The Morgan fingerprint density at radius 1 is 1.00 bits per heavy atom. The summed E-state index contributed by atoms with van der Waals surface area (Å²) in [6, 6.07) is 9.78. The maximum absolute atomic E-state index is 5.84. The van der Waals surface area contributed by atoms with Gasteiger partial charge in [-0.15, -0.1) is 0 Å². The summed E-state index contributed by atoms with van der Waals surface area (Å²) in [5.74, 6) is 0. The molecule has 0 bridgehead atoms. The van der Waals surface area contributed by atoms with Gasteiger partial charge in [-0.1, -0.05) is 30.3 Å². The summed E-state index contributed by atoms with van der Waals surface area (Å²) in [5, 5.41) is 0. The van der Waals surface area contributed by atoms with Gasteiger partial charge in [0.05, 0.1) is 6.17 Å². The lowest BCUT2D eigenvalue weighted by atomic mass is 10.0. The highest BCUT2D eigenvalue weighted by molar-refractivity contribution is 5.18. The van der Waals surface area contributed by atoms with Gasteiger partial charge in [0.25, 0.3) is 0 Å². The van der Waals surface area contributed by atoms with E-state index >= 15 is 0 Å². The molecule has 0 fully saturated rings. The first kappa shape index (κ1) is 9.19. The quantitative estimate of drug-likeness (QED) is 0.564. The fourth-order valence-electron chi connectivity index (χ4n) is 1.13. The molecule has 6 N–H and O–H groups in total. The van der Waals surface area contributed by atoms with E-state index in [1.165, 1.54) is 0 Å². The summed E-state index contributed by atoms with van der Waals surface area (Å²) in [4.78, 5) is 0. The topological polar surface area (TPSA) is 78.1 Å². The first-order valence-electron chi connectivity index (χ1n) is 4.02. The molecule has 12 heavy (non-hydrogen) atoms. The Kier molecular flexibility index (Phi) is 3.22. The molecule has 1 unspecified atom stereocenters. The molecule has 66 valence electrons. The third kappa shape index (κ3) is 2.62. The van der Waals surface area contributed by atoms with Crippen LogP contribution in [0.2, 0.25) is 0 Å². The van der Waals surface area contributed by atoms with Crippen LogP contribution in [-0.4, -0.2) is 6.17 Å². The van der Waals surface area contributed by atoms with Crippen LogP contribution in [-0.2, 0) is 0 Å². The zero-order valence-electron chi connectivity index (χ0n) is 6.98. The second-order valence-electron chi connectivity index (χ2n) is 2.92. The molecule has 0 heterocycles. The lowest BCUT2D eigenvalue weighted by Gasteiger charge is -2.13. The smallest absolute Gasteiger partial charge is 0.0539 e. The molecule has 0 saturated heterocycles. The standard InChI is InChI=1S/C9H15N3/c10-8(6-9(11)12)7-4-2-1-3-5-7/h1-5,8-9H,6,10-12H2. The summed E-state index contributed by atoms with van der Waals surface area (Å²) >= 11 is 0. The monoisotopic (exact) mass is 165 g/mol. The molecule has 1 aromatic carbocycles. The van der Waals surface area contributed by atoms with Gasteiger partial charge in [0.1, 0.15) is 0 Å². The van der Waals surface area contributed by atoms with E-state index in [2.05, 4.69) is 0 Å². The van der Waals surface area contributed by atoms with Crippen LogP contribution < -0.4 is 17.2 Å². The highest BCUT2D eigenvalue weighted by atomic mass is 14.9. The number of nitrogens with two attached hydrogens (primary N) is 3. The Hall–Kier alpha value is -0.900. The molecule has 0 spiro atoms. The molecule has 3 nitrogen and oxygen atoms in total. The van der Waals surface area contributed by atoms with Gasteiger partial charge in [0.15, 0.2) is 0 Å². The summed E-state index contributed by atoms with van der Waals surface area (Å²) in [7, 11) is 0. The van der Waals surface area contributed by atoms with E-state index in [0.717, 1.165) is 5.56 Å². The molecule has 0 saturated carbocycles. The van der Waals surface area contributed by atoms with Crippen molar-refractivity contribution in [1.29, 1.82) is 0 Å². The molecule has 1 atom stereocenters. The fraction of sp³-hybridized carbons (Fsp3) is 0.333. The lowest BCUT2D eigenvalue weighted by Crippen LogP contribution is -2.34. The van der Waals surface area contributed by atoms with Gasteiger partial charge in [0.2, 0.25) is 0 Å². The van der Waals surface area contributed by atoms with Gasteiger partial charge in [-0.2, -0.15) is 0 Å². The zero-order valence-corrected chi connectivity index (χ0v) is 6.98. The van der Waals surface area contributed by atoms with Crippen LogP contribution in [0.25, 0.3) is 0 Å². The molecule has 0 aliphatic heterocycles. The Bertz CT molecular complexity index is 220. The van der Waals surface area contributed by atoms with E-state index in [9.17, 15) is 0 Å². The van der Waals surface area contributed by atoms with Crippen LogP contribution in [0.15, 0.2) is 30.3 Å². The average molecular weight is 165 g/mol. The van der Waals surface area contributed by atoms with Crippen molar-refractivity contribution in [3.05, 3.63) is 35.9 Å². The molecule has 1 aromatic rings. The highest BCUT2D eigenvalue weighted by Crippen LogP contribution is 2.12. The summed E-state index contributed by atoms with van der Waals surface area (Å²) in [6.45, 7) is 0. The van der Waals surface area contributed by atoms with Crippen LogP contribution in [0.5, 0.6) is 0 Å². The van der Waals surface area contributed by atoms with Crippen molar-refractivity contribution in [2.45, 2.75) is 18.6 Å². The Balaban J connectivity index is 2.59. The molecule has 0 aliphatic rings. The van der Waals surface area contributed by atoms with Crippen LogP contribution in [0.3, 0.4) is 0 Å². The molecule has 3 heteroatoms. The van der Waals surface area contributed by atoms with Gasteiger partial charge in [-0.3, -0.25) is 0 Å². The maximum Gasteiger partial charge on any atom is 0.0539 e. The molecule has 0 radical (unpaired) electrons. The van der Waals surface area contributed by atoms with Crippen LogP contribution >= 0.6 is 0 Å². The number of hydrogen-bond donors (Lipinski definition) is 3. The highest BCUT2D eigenvalue weighted by Gasteiger charge is 2.06. The summed E-state index contributed by atoms with van der Waals surface area (Å²) in [6.07, 6.45) is 0.282. The molecule has 0 aromatic heterocycles. The van der Waals surface area contributed by atoms with Crippen molar-refractivity contribution in [2.24, 2.45) is 17.2 Å². The van der Waals surface area contributed by atoms with Crippen LogP contribution in [0, 0.1) is 0 Å². The van der Waals surface area contributed by atoms with Crippen molar-refractivity contribution < 1.29 is 0 Å². The molecule has 0 amide bonds. The van der Waals surface area contributed by atoms with E-state index in [1.807, 2.05) is 30.3 Å². The number of rotatable bonds is 3. The second-order valence-corrected chi connectivity index (χ2v) is 2.92. The van der Waals surface area contributed by atoms with E-state index in [0.29, 0.717) is 6.42 Å². The third-order valence-corrected chi connectivity index (χ3v) is 1.75. The van der Waals surface area contributed by atoms with Crippen molar-refractivity contribution in [3.8, 4) is 0 Å². The predicted molar refractivity (Wildman–Crippen MR) is 50.2 cm³/mol. The van der Waals surface area contributed by atoms with Crippen molar-refractivity contribution in [1.82, 2.24) is 0 Å². The largest absolute Gasteiger partial charge is 0.324 e. The van der Waals surface area contributed by atoms with Crippen molar-refractivity contribution in [3.63, 3.8) is 0 Å². The third-order valence-electron chi connectivity index (χ3n) is 1.75. The molecule has 0 aliphatic carbocycles. The van der Waals surface area contributed by atoms with Gasteiger partial charge in [-0.05, 0) is 12.0 Å². The zero-order chi connectivity index (χ0) is 8.97. The van der Waals surface area contributed by atoms with Gasteiger partial charge < -0.3 is 17.2 Å². The normalized spacial score (nSPS) is 13.3. The van der Waals surface area contributed by atoms with Crippen molar-refractivity contribution >= 4 is 0 Å². The van der Waals surface area contributed by atoms with Crippen molar-refractivity contribution in [2.75, 3.05) is 0 Å². The van der Waals surface area contributed by atoms with Gasteiger partial charge in [-0.25, -0.2) is 0 Å². The van der Waals surface area contributed by atoms with Crippen LogP contribution in [0.4, 0.5) is 0 Å². The summed E-state index contributed by atoms with van der Waals surface area (Å²) in [5.41, 5.74) is 17.8. The summed E-state index contributed by atoms with van der Waals surface area (Å²) < 4.78 is 0. The first-order chi connectivity index (χ1) is 5.70. The Labute approximate surface area is 72.5 Å². The minimum Gasteiger partial charge on any atom is -0.324 e. The van der Waals surface area contributed by atoms with E-state index in [-0.39, 0.29) is 12.2 Å². The fourth-order valence-corrected chi connectivity index (χ4v) is 1.13. The van der Waals surface area contributed by atoms with Gasteiger partial charge in [0, 0.05) is 6.04 Å². The second kappa shape index (κ2) is 4.21. The number of hydrogen-bond acceptors (Lipinski definition) is 3. The predicted octanol–water partition coefficient (Wildman–Crippen LogP) is 0.320. The lowest BCUT2D eigenvalue weighted by molar-refractivity contribution is 0.551.